The molecule has 0 spiro atoms. The molecule has 0 aliphatic rings. The minimum absolute atomic E-state index is 0.0881. The summed E-state index contributed by atoms with van der Waals surface area (Å²) >= 11 is 1.71. The van der Waals surface area contributed by atoms with Crippen molar-refractivity contribution < 1.29 is 4.74 Å². The Bertz CT molecular complexity index is 538. The molecule has 1 aromatic carbocycles. The highest BCUT2D eigenvalue weighted by molar-refractivity contribution is 7.99. The third-order valence-electron chi connectivity index (χ3n) is 3.31. The van der Waals surface area contributed by atoms with Crippen molar-refractivity contribution in [3.05, 3.63) is 42.2 Å². The molecule has 5 heteroatoms. The Morgan fingerprint density at radius 3 is 2.55 bits per heavy atom. The van der Waals surface area contributed by atoms with Crippen molar-refractivity contribution in [2.75, 3.05) is 7.11 Å². The average molecular weight is 291 g/mol. The number of benzene rings is 1. The molecule has 0 radical (unpaired) electrons. The number of ether oxygens (including phenoxy) is 1. The van der Waals surface area contributed by atoms with Crippen molar-refractivity contribution in [1.82, 2.24) is 9.55 Å². The van der Waals surface area contributed by atoms with Gasteiger partial charge in [-0.2, -0.15) is 0 Å². The number of hydrogen-bond donors (Lipinski definition) is 1. The molecule has 0 bridgehead atoms. The number of rotatable bonds is 6. The zero-order chi connectivity index (χ0) is 14.5. The lowest BCUT2D eigenvalue weighted by Gasteiger charge is -2.22. The molecule has 2 aromatic rings. The summed E-state index contributed by atoms with van der Waals surface area (Å²) in [4.78, 5) is 4.38. The predicted molar refractivity (Wildman–Crippen MR) is 83.1 cm³/mol. The van der Waals surface area contributed by atoms with Gasteiger partial charge in [0.2, 0.25) is 0 Å². The highest BCUT2D eigenvalue weighted by Gasteiger charge is 2.21. The minimum Gasteiger partial charge on any atom is -0.497 e. The first-order valence-electron chi connectivity index (χ1n) is 6.69. The number of imidazole rings is 1. The lowest BCUT2D eigenvalue weighted by molar-refractivity contribution is 0.414. The Labute approximate surface area is 124 Å². The van der Waals surface area contributed by atoms with Gasteiger partial charge in [0.05, 0.1) is 12.4 Å². The van der Waals surface area contributed by atoms with E-state index in [-0.39, 0.29) is 11.3 Å². The number of hydrogen-bond acceptors (Lipinski definition) is 4. The molecule has 4 nitrogen and oxygen atoms in total. The smallest absolute Gasteiger partial charge is 0.168 e. The molecule has 0 aliphatic carbocycles. The van der Waals surface area contributed by atoms with E-state index in [2.05, 4.69) is 24.0 Å². The molecule has 0 fully saturated rings. The van der Waals surface area contributed by atoms with Crippen LogP contribution in [0.1, 0.15) is 24.2 Å². The molecule has 0 amide bonds. The van der Waals surface area contributed by atoms with Gasteiger partial charge in [0, 0.05) is 25.5 Å². The topological polar surface area (TPSA) is 53.1 Å². The number of thioether (sulfide) groups is 1. The van der Waals surface area contributed by atoms with E-state index in [0.717, 1.165) is 17.3 Å². The fourth-order valence-electron chi connectivity index (χ4n) is 1.99. The van der Waals surface area contributed by atoms with E-state index in [0.29, 0.717) is 0 Å². The van der Waals surface area contributed by atoms with Crippen LogP contribution in [0.25, 0.3) is 0 Å². The molecule has 0 aliphatic heterocycles. The maximum absolute atomic E-state index is 6.30. The van der Waals surface area contributed by atoms with Gasteiger partial charge in [-0.25, -0.2) is 4.98 Å². The van der Waals surface area contributed by atoms with Gasteiger partial charge in [0.25, 0.3) is 0 Å². The second-order valence-electron chi connectivity index (χ2n) is 4.70. The Morgan fingerprint density at radius 1 is 1.35 bits per heavy atom. The third kappa shape index (κ3) is 3.35. The molecule has 1 aromatic heterocycles. The molecule has 0 saturated heterocycles. The fraction of sp³-hybridized carbons (Fsp3) is 0.400. The molecular formula is C15H21N3OS. The van der Waals surface area contributed by atoms with Crippen LogP contribution in [-0.2, 0) is 7.05 Å². The van der Waals surface area contributed by atoms with Crippen LogP contribution in [0.15, 0.2) is 41.8 Å². The molecular weight excluding hydrogens is 270 g/mol. The Kier molecular flexibility index (Phi) is 5.09. The van der Waals surface area contributed by atoms with Gasteiger partial charge in [-0.3, -0.25) is 0 Å². The monoisotopic (exact) mass is 291 g/mol. The van der Waals surface area contributed by atoms with Crippen molar-refractivity contribution in [1.29, 1.82) is 0 Å². The van der Waals surface area contributed by atoms with Gasteiger partial charge in [0.15, 0.2) is 5.16 Å². The van der Waals surface area contributed by atoms with Crippen LogP contribution in [0.4, 0.5) is 0 Å². The number of methoxy groups -OCH3 is 1. The maximum atomic E-state index is 6.30. The van der Waals surface area contributed by atoms with Gasteiger partial charge in [0.1, 0.15) is 5.75 Å². The van der Waals surface area contributed by atoms with Crippen LogP contribution in [0.2, 0.25) is 0 Å². The van der Waals surface area contributed by atoms with E-state index in [4.69, 9.17) is 10.5 Å². The van der Waals surface area contributed by atoms with Gasteiger partial charge in [-0.15, -0.1) is 0 Å². The van der Waals surface area contributed by atoms with Crippen LogP contribution in [-0.4, -0.2) is 22.7 Å². The maximum Gasteiger partial charge on any atom is 0.168 e. The van der Waals surface area contributed by atoms with Crippen molar-refractivity contribution in [3.8, 4) is 5.75 Å². The van der Waals surface area contributed by atoms with E-state index in [1.165, 1.54) is 5.56 Å². The summed E-state index contributed by atoms with van der Waals surface area (Å²) in [5, 5.41) is 1.17. The largest absolute Gasteiger partial charge is 0.497 e. The highest BCUT2D eigenvalue weighted by atomic mass is 32.2. The molecule has 0 saturated carbocycles. The SMILES string of the molecule is CCC(N)C(Sc1nccn1C)c1ccc(OC)cc1. The Balaban J connectivity index is 2.24. The summed E-state index contributed by atoms with van der Waals surface area (Å²) in [7, 11) is 3.67. The van der Waals surface area contributed by atoms with Gasteiger partial charge in [-0.05, 0) is 24.1 Å². The first kappa shape index (κ1) is 14.9. The molecule has 20 heavy (non-hydrogen) atoms. The molecule has 2 N–H and O–H groups in total. The van der Waals surface area contributed by atoms with Crippen LogP contribution in [0.5, 0.6) is 5.75 Å². The van der Waals surface area contributed by atoms with Crippen molar-refractivity contribution >= 4 is 11.8 Å². The van der Waals surface area contributed by atoms with E-state index >= 15 is 0 Å². The van der Waals surface area contributed by atoms with E-state index in [1.807, 2.05) is 36.1 Å². The third-order valence-corrected chi connectivity index (χ3v) is 4.79. The van der Waals surface area contributed by atoms with Crippen LogP contribution in [0, 0.1) is 0 Å². The van der Waals surface area contributed by atoms with E-state index in [9.17, 15) is 0 Å². The van der Waals surface area contributed by atoms with Gasteiger partial charge in [-0.1, -0.05) is 30.8 Å². The Morgan fingerprint density at radius 2 is 2.05 bits per heavy atom. The standard InChI is InChI=1S/C15H21N3OS/c1-4-13(16)14(20-15-17-9-10-18(15)2)11-5-7-12(19-3)8-6-11/h5-10,13-14H,4,16H2,1-3H3. The lowest BCUT2D eigenvalue weighted by atomic mass is 10.0. The average Bonchev–Trinajstić information content (AvgIpc) is 2.89. The van der Waals surface area contributed by atoms with Crippen LogP contribution in [0.3, 0.4) is 0 Å². The minimum atomic E-state index is 0.0881. The highest BCUT2D eigenvalue weighted by Crippen LogP contribution is 2.37. The molecule has 1 heterocycles. The first-order valence-corrected chi connectivity index (χ1v) is 7.57. The number of nitrogens with zero attached hydrogens (tertiary/aromatic N) is 2. The summed E-state index contributed by atoms with van der Waals surface area (Å²) in [6.45, 7) is 2.11. The van der Waals surface area contributed by atoms with Crippen molar-refractivity contribution in [3.63, 3.8) is 0 Å². The van der Waals surface area contributed by atoms with E-state index < -0.39 is 0 Å². The number of aromatic nitrogens is 2. The second kappa shape index (κ2) is 6.81. The summed E-state index contributed by atoms with van der Waals surface area (Å²) in [5.74, 6) is 0.861. The first-order chi connectivity index (χ1) is 9.65. The van der Waals surface area contributed by atoms with E-state index in [1.54, 1.807) is 18.9 Å². The molecule has 108 valence electrons. The second-order valence-corrected chi connectivity index (χ2v) is 5.81. The van der Waals surface area contributed by atoms with Crippen LogP contribution >= 0.6 is 11.8 Å². The summed E-state index contributed by atoms with van der Waals surface area (Å²) in [6.07, 6.45) is 4.68. The predicted octanol–water partition coefficient (Wildman–Crippen LogP) is 3.00. The van der Waals surface area contributed by atoms with Crippen molar-refractivity contribution in [2.24, 2.45) is 12.8 Å². The molecule has 2 atom stereocenters. The lowest BCUT2D eigenvalue weighted by Crippen LogP contribution is -2.25. The summed E-state index contributed by atoms with van der Waals surface area (Å²) in [6, 6.07) is 8.20. The normalized spacial score (nSPS) is 14.0. The zero-order valence-corrected chi connectivity index (χ0v) is 12.9. The quantitative estimate of drug-likeness (QED) is 0.831. The number of aryl methyl sites for hydroxylation is 1. The number of nitrogens with two attached hydrogens (primary N) is 1. The zero-order valence-electron chi connectivity index (χ0n) is 12.1. The fourth-order valence-corrected chi connectivity index (χ4v) is 3.23. The summed E-state index contributed by atoms with van der Waals surface area (Å²) in [5.41, 5.74) is 7.50. The summed E-state index contributed by atoms with van der Waals surface area (Å²) < 4.78 is 7.22. The molecule has 2 rings (SSSR count). The van der Waals surface area contributed by atoms with Crippen LogP contribution < -0.4 is 10.5 Å². The molecule has 2 unspecified atom stereocenters. The Hall–Kier alpha value is -1.46. The van der Waals surface area contributed by atoms with Crippen molar-refractivity contribution in [2.45, 2.75) is 29.8 Å². The van der Waals surface area contributed by atoms with Gasteiger partial charge >= 0.3 is 0 Å². The van der Waals surface area contributed by atoms with Gasteiger partial charge < -0.3 is 15.0 Å².